The van der Waals surface area contributed by atoms with Crippen LogP contribution >= 0.6 is 11.6 Å². The fraction of sp³-hybridized carbons (Fsp3) is 0.308. The van der Waals surface area contributed by atoms with E-state index in [2.05, 4.69) is 36.3 Å². The highest BCUT2D eigenvalue weighted by Gasteiger charge is 2.16. The van der Waals surface area contributed by atoms with Crippen molar-refractivity contribution in [3.63, 3.8) is 0 Å². The molecular formula is C13H15ClN2. The Morgan fingerprint density at radius 3 is 2.69 bits per heavy atom. The average molecular weight is 235 g/mol. The molecule has 1 aromatic heterocycles. The average Bonchev–Trinajstić information content (AvgIpc) is 2.28. The predicted molar refractivity (Wildman–Crippen MR) is 70.2 cm³/mol. The Morgan fingerprint density at radius 2 is 1.94 bits per heavy atom. The number of benzene rings is 1. The highest BCUT2D eigenvalue weighted by atomic mass is 35.5. The molecule has 1 aromatic carbocycles. The molecule has 2 rings (SSSR count). The van der Waals surface area contributed by atoms with Gasteiger partial charge in [-0.15, -0.1) is 11.6 Å². The van der Waals surface area contributed by atoms with E-state index >= 15 is 0 Å². The van der Waals surface area contributed by atoms with Crippen molar-refractivity contribution in [2.75, 3.05) is 11.2 Å². The van der Waals surface area contributed by atoms with E-state index in [-0.39, 0.29) is 5.54 Å². The first-order valence-corrected chi connectivity index (χ1v) is 5.84. The fourth-order valence-corrected chi connectivity index (χ4v) is 1.58. The molecule has 0 radical (unpaired) electrons. The van der Waals surface area contributed by atoms with Crippen LogP contribution in [-0.4, -0.2) is 16.4 Å². The number of aromatic nitrogens is 1. The van der Waals surface area contributed by atoms with Crippen molar-refractivity contribution >= 4 is 28.3 Å². The molecule has 0 aliphatic carbocycles. The van der Waals surface area contributed by atoms with Crippen molar-refractivity contribution in [1.82, 2.24) is 4.98 Å². The van der Waals surface area contributed by atoms with Gasteiger partial charge in [0.1, 0.15) is 5.82 Å². The largest absolute Gasteiger partial charge is 0.364 e. The van der Waals surface area contributed by atoms with Gasteiger partial charge in [-0.1, -0.05) is 18.2 Å². The van der Waals surface area contributed by atoms with Crippen LogP contribution in [0.1, 0.15) is 13.8 Å². The Kier molecular flexibility index (Phi) is 3.01. The van der Waals surface area contributed by atoms with Crippen molar-refractivity contribution in [3.05, 3.63) is 36.4 Å². The lowest BCUT2D eigenvalue weighted by Crippen LogP contribution is -2.33. The van der Waals surface area contributed by atoms with Crippen LogP contribution in [0.2, 0.25) is 0 Å². The summed E-state index contributed by atoms with van der Waals surface area (Å²) < 4.78 is 0. The van der Waals surface area contributed by atoms with Gasteiger partial charge in [0.05, 0.1) is 5.52 Å². The maximum Gasteiger partial charge on any atom is 0.127 e. The number of fused-ring (bicyclic) bond motifs is 1. The number of para-hydroxylation sites is 1. The van der Waals surface area contributed by atoms with Gasteiger partial charge in [-0.2, -0.15) is 0 Å². The normalized spacial score (nSPS) is 11.7. The lowest BCUT2D eigenvalue weighted by molar-refractivity contribution is 0.638. The van der Waals surface area contributed by atoms with Crippen molar-refractivity contribution in [3.8, 4) is 0 Å². The van der Waals surface area contributed by atoms with Gasteiger partial charge in [0.25, 0.3) is 0 Å². The standard InChI is InChI=1S/C13H15ClN2/c1-13(2,9-14)16-12-8-7-10-5-3-4-6-11(10)15-12/h3-8H,9H2,1-2H3,(H,15,16). The predicted octanol–water partition coefficient (Wildman–Crippen LogP) is 3.66. The van der Waals surface area contributed by atoms with Crippen LogP contribution < -0.4 is 5.32 Å². The highest BCUT2D eigenvalue weighted by Crippen LogP contribution is 2.18. The molecule has 2 nitrogen and oxygen atoms in total. The fourth-order valence-electron chi connectivity index (χ4n) is 1.52. The van der Waals surface area contributed by atoms with E-state index in [1.165, 1.54) is 0 Å². The van der Waals surface area contributed by atoms with Gasteiger partial charge >= 0.3 is 0 Å². The molecule has 1 N–H and O–H groups in total. The second-order valence-electron chi connectivity index (χ2n) is 4.53. The van der Waals surface area contributed by atoms with Gasteiger partial charge in [0, 0.05) is 16.8 Å². The lowest BCUT2D eigenvalue weighted by atomic mass is 10.1. The Balaban J connectivity index is 2.33. The molecule has 0 aliphatic rings. The number of anilines is 1. The van der Waals surface area contributed by atoms with Crippen LogP contribution in [-0.2, 0) is 0 Å². The van der Waals surface area contributed by atoms with Gasteiger partial charge in [0.2, 0.25) is 0 Å². The molecule has 16 heavy (non-hydrogen) atoms. The van der Waals surface area contributed by atoms with Crippen molar-refractivity contribution in [2.24, 2.45) is 0 Å². The molecule has 0 atom stereocenters. The molecule has 0 amide bonds. The number of hydrogen-bond acceptors (Lipinski definition) is 2. The first kappa shape index (κ1) is 11.2. The summed E-state index contributed by atoms with van der Waals surface area (Å²) in [5.74, 6) is 1.41. The highest BCUT2D eigenvalue weighted by molar-refractivity contribution is 6.18. The first-order chi connectivity index (χ1) is 7.61. The van der Waals surface area contributed by atoms with E-state index in [1.54, 1.807) is 0 Å². The number of hydrogen-bond donors (Lipinski definition) is 1. The van der Waals surface area contributed by atoms with E-state index in [9.17, 15) is 0 Å². The van der Waals surface area contributed by atoms with Crippen molar-refractivity contribution < 1.29 is 0 Å². The van der Waals surface area contributed by atoms with Crippen LogP contribution in [0.25, 0.3) is 10.9 Å². The van der Waals surface area contributed by atoms with Gasteiger partial charge in [-0.05, 0) is 32.0 Å². The summed E-state index contributed by atoms with van der Waals surface area (Å²) in [5, 5.41) is 4.47. The molecule has 0 fully saturated rings. The van der Waals surface area contributed by atoms with Gasteiger partial charge in [-0.3, -0.25) is 0 Å². The van der Waals surface area contributed by atoms with E-state index in [4.69, 9.17) is 11.6 Å². The Labute approximate surface area is 101 Å². The number of alkyl halides is 1. The minimum Gasteiger partial charge on any atom is -0.364 e. The van der Waals surface area contributed by atoms with Crippen LogP contribution in [0.3, 0.4) is 0 Å². The molecule has 0 saturated carbocycles. The Hall–Kier alpha value is -1.28. The molecule has 0 bridgehead atoms. The third-order valence-electron chi connectivity index (χ3n) is 2.40. The molecule has 0 spiro atoms. The number of nitrogens with one attached hydrogen (secondary N) is 1. The van der Waals surface area contributed by atoms with Crippen molar-refractivity contribution in [1.29, 1.82) is 0 Å². The van der Waals surface area contributed by atoms with Crippen LogP contribution in [0.15, 0.2) is 36.4 Å². The first-order valence-electron chi connectivity index (χ1n) is 5.31. The molecule has 1 heterocycles. The van der Waals surface area contributed by atoms with Crippen LogP contribution in [0, 0.1) is 0 Å². The molecular weight excluding hydrogens is 220 g/mol. The van der Waals surface area contributed by atoms with E-state index in [1.807, 2.05) is 24.3 Å². The quantitative estimate of drug-likeness (QED) is 0.820. The van der Waals surface area contributed by atoms with Crippen LogP contribution in [0.4, 0.5) is 5.82 Å². The van der Waals surface area contributed by atoms with E-state index < -0.39 is 0 Å². The van der Waals surface area contributed by atoms with Crippen molar-refractivity contribution in [2.45, 2.75) is 19.4 Å². The maximum atomic E-state index is 5.87. The topological polar surface area (TPSA) is 24.9 Å². The number of rotatable bonds is 3. The molecule has 3 heteroatoms. The number of halogens is 1. The summed E-state index contributed by atoms with van der Waals surface area (Å²) in [6.07, 6.45) is 0. The SMILES string of the molecule is CC(C)(CCl)Nc1ccc2ccccc2n1. The van der Waals surface area contributed by atoms with Gasteiger partial charge < -0.3 is 5.32 Å². The van der Waals surface area contributed by atoms with Crippen LogP contribution in [0.5, 0.6) is 0 Å². The second-order valence-corrected chi connectivity index (χ2v) is 4.80. The monoisotopic (exact) mass is 234 g/mol. The zero-order valence-corrected chi connectivity index (χ0v) is 10.3. The molecule has 84 valence electrons. The maximum absolute atomic E-state index is 5.87. The zero-order chi connectivity index (χ0) is 11.6. The molecule has 2 aromatic rings. The van der Waals surface area contributed by atoms with Gasteiger partial charge in [-0.25, -0.2) is 4.98 Å². The summed E-state index contributed by atoms with van der Waals surface area (Å²) in [7, 11) is 0. The number of pyridine rings is 1. The smallest absolute Gasteiger partial charge is 0.127 e. The minimum atomic E-state index is -0.142. The summed E-state index contributed by atoms with van der Waals surface area (Å²) in [5.41, 5.74) is 0.856. The van der Waals surface area contributed by atoms with E-state index in [0.717, 1.165) is 16.7 Å². The second kappa shape index (κ2) is 4.30. The zero-order valence-electron chi connectivity index (χ0n) is 9.50. The Morgan fingerprint density at radius 1 is 1.19 bits per heavy atom. The van der Waals surface area contributed by atoms with Gasteiger partial charge in [0.15, 0.2) is 0 Å². The minimum absolute atomic E-state index is 0.142. The number of nitrogens with zero attached hydrogens (tertiary/aromatic N) is 1. The summed E-state index contributed by atoms with van der Waals surface area (Å²) >= 11 is 5.87. The summed E-state index contributed by atoms with van der Waals surface area (Å²) in [6, 6.07) is 12.1. The molecule has 0 unspecified atom stereocenters. The molecule has 0 saturated heterocycles. The lowest BCUT2D eigenvalue weighted by Gasteiger charge is -2.24. The molecule has 0 aliphatic heterocycles. The summed E-state index contributed by atoms with van der Waals surface area (Å²) in [6.45, 7) is 4.10. The van der Waals surface area contributed by atoms with E-state index in [0.29, 0.717) is 5.88 Å². The summed E-state index contributed by atoms with van der Waals surface area (Å²) in [4.78, 5) is 4.54. The third-order valence-corrected chi connectivity index (χ3v) is 3.07. The Bertz CT molecular complexity index is 494. The third kappa shape index (κ3) is 2.45.